The third-order valence-corrected chi connectivity index (χ3v) is 6.47. The van der Waals surface area contributed by atoms with E-state index in [1.807, 2.05) is 20.8 Å². The van der Waals surface area contributed by atoms with Gasteiger partial charge in [0.15, 0.2) is 0 Å². The lowest BCUT2D eigenvalue weighted by atomic mass is 9.89. The lowest BCUT2D eigenvalue weighted by Gasteiger charge is -2.38. The number of halogens is 1. The van der Waals surface area contributed by atoms with Crippen LogP contribution in [0.4, 0.5) is 0 Å². The number of imidazole rings is 1. The van der Waals surface area contributed by atoms with Crippen molar-refractivity contribution in [2.75, 3.05) is 13.1 Å². The lowest BCUT2D eigenvalue weighted by molar-refractivity contribution is -0.130. The minimum atomic E-state index is -0.721. The van der Waals surface area contributed by atoms with E-state index < -0.39 is 5.66 Å². The minimum Gasteiger partial charge on any atom is -0.508 e. The fourth-order valence-corrected chi connectivity index (χ4v) is 4.49. The van der Waals surface area contributed by atoms with Crippen molar-refractivity contribution in [1.82, 2.24) is 25.1 Å². The van der Waals surface area contributed by atoms with Crippen LogP contribution in [0.25, 0.3) is 0 Å². The molecule has 10 heteroatoms. The van der Waals surface area contributed by atoms with Crippen LogP contribution in [-0.2, 0) is 18.4 Å². The molecule has 1 aliphatic carbocycles. The number of hydrogen-bond donors (Lipinski definition) is 3. The first kappa shape index (κ1) is 23.3. The van der Waals surface area contributed by atoms with Crippen molar-refractivity contribution in [1.29, 1.82) is 0 Å². The molecule has 1 aromatic rings. The number of aliphatic imine (C=N–C) groups is 1. The number of hydrogen-bond acceptors (Lipinski definition) is 6. The molecular formula is C23H29ClN6O3. The van der Waals surface area contributed by atoms with E-state index in [0.717, 1.165) is 11.3 Å². The molecule has 3 aliphatic rings. The molecule has 1 saturated carbocycles. The van der Waals surface area contributed by atoms with Crippen molar-refractivity contribution < 1.29 is 14.7 Å². The second-order valence-electron chi connectivity index (χ2n) is 9.69. The smallest absolute Gasteiger partial charge is 0.269 e. The van der Waals surface area contributed by atoms with E-state index in [-0.39, 0.29) is 29.0 Å². The van der Waals surface area contributed by atoms with Gasteiger partial charge in [-0.15, -0.1) is 0 Å². The molecule has 1 atom stereocenters. The summed E-state index contributed by atoms with van der Waals surface area (Å²) in [5.74, 6) is 0.418. The molecule has 33 heavy (non-hydrogen) atoms. The fraction of sp³-hybridized carbons (Fsp3) is 0.478. The number of nitrogens with zero attached hydrogens (tertiary/aromatic N) is 4. The van der Waals surface area contributed by atoms with Gasteiger partial charge in [0.2, 0.25) is 5.91 Å². The highest BCUT2D eigenvalue weighted by Gasteiger charge is 2.53. The highest BCUT2D eigenvalue weighted by Crippen LogP contribution is 2.49. The van der Waals surface area contributed by atoms with Gasteiger partial charge in [0.25, 0.3) is 5.91 Å². The first-order valence-electron chi connectivity index (χ1n) is 10.8. The SMILES string of the molecule is C=CC(=O)N1CC(NC(=O)c2cnc(CNC34CC3=C(O)C=C(Cl)C(C(C)(C)C)=N4)n2C)C1. The molecule has 3 N–H and O–H groups in total. The Morgan fingerprint density at radius 2 is 2.09 bits per heavy atom. The molecule has 0 bridgehead atoms. The van der Waals surface area contributed by atoms with Crippen LogP contribution in [0.15, 0.2) is 46.3 Å². The summed E-state index contributed by atoms with van der Waals surface area (Å²) in [6.07, 6.45) is 4.94. The fourth-order valence-electron chi connectivity index (χ4n) is 4.06. The third kappa shape index (κ3) is 4.35. The summed E-state index contributed by atoms with van der Waals surface area (Å²) in [6, 6.07) is -0.0905. The Morgan fingerprint density at radius 1 is 1.39 bits per heavy atom. The normalized spacial score (nSPS) is 22.6. The van der Waals surface area contributed by atoms with Crippen molar-refractivity contribution in [2.45, 2.75) is 45.4 Å². The number of amides is 2. The van der Waals surface area contributed by atoms with Gasteiger partial charge in [-0.05, 0) is 6.08 Å². The van der Waals surface area contributed by atoms with Gasteiger partial charge in [0.05, 0.1) is 29.5 Å². The molecule has 1 unspecified atom stereocenters. The third-order valence-electron chi connectivity index (χ3n) is 6.18. The largest absolute Gasteiger partial charge is 0.508 e. The highest BCUT2D eigenvalue weighted by atomic mass is 35.5. The van der Waals surface area contributed by atoms with E-state index >= 15 is 0 Å². The quantitative estimate of drug-likeness (QED) is 0.549. The van der Waals surface area contributed by atoms with Gasteiger partial charge in [0, 0.05) is 43.6 Å². The van der Waals surface area contributed by atoms with E-state index in [1.165, 1.54) is 12.3 Å². The Labute approximate surface area is 197 Å². The average Bonchev–Trinajstić information content (AvgIpc) is 3.33. The summed E-state index contributed by atoms with van der Waals surface area (Å²) in [5, 5.41) is 17.2. The highest BCUT2D eigenvalue weighted by molar-refractivity contribution is 6.44. The number of carbonyl (C=O) groups excluding carboxylic acids is 2. The van der Waals surface area contributed by atoms with E-state index in [2.05, 4.69) is 22.2 Å². The van der Waals surface area contributed by atoms with Crippen molar-refractivity contribution in [2.24, 2.45) is 17.5 Å². The van der Waals surface area contributed by atoms with Crippen LogP contribution in [0.2, 0.25) is 0 Å². The van der Waals surface area contributed by atoms with E-state index in [9.17, 15) is 14.7 Å². The number of aliphatic hydroxyl groups excluding tert-OH is 1. The van der Waals surface area contributed by atoms with Gasteiger partial charge < -0.3 is 19.9 Å². The molecule has 0 aromatic carbocycles. The zero-order chi connectivity index (χ0) is 24.1. The first-order valence-corrected chi connectivity index (χ1v) is 11.2. The number of nitrogens with one attached hydrogen (secondary N) is 2. The molecule has 0 radical (unpaired) electrons. The number of aliphatic hydroxyl groups is 1. The van der Waals surface area contributed by atoms with E-state index in [4.69, 9.17) is 16.6 Å². The topological polar surface area (TPSA) is 112 Å². The standard InChI is InChI=1S/C23H29ClN6O3/c1-6-19(32)30-11-13(12-30)27-21(33)16-9-25-18(29(16)5)10-26-23-8-14(23)17(31)7-15(24)20(28-23)22(2,3)4/h6-7,9,13,26,31H,1,8,10-12H2,2-5H3,(H,27,33). The molecule has 9 nitrogen and oxygen atoms in total. The van der Waals surface area contributed by atoms with Crippen molar-refractivity contribution in [3.05, 3.63) is 52.8 Å². The minimum absolute atomic E-state index is 0.0905. The summed E-state index contributed by atoms with van der Waals surface area (Å²) >= 11 is 6.41. The molecule has 3 heterocycles. The maximum Gasteiger partial charge on any atom is 0.269 e. The summed E-state index contributed by atoms with van der Waals surface area (Å²) in [5.41, 5.74) is 0.927. The molecule has 1 aromatic heterocycles. The van der Waals surface area contributed by atoms with Crippen molar-refractivity contribution in [3.8, 4) is 0 Å². The van der Waals surface area contributed by atoms with Crippen LogP contribution in [0.1, 0.15) is 43.5 Å². The maximum absolute atomic E-state index is 12.7. The zero-order valence-corrected chi connectivity index (χ0v) is 20.0. The zero-order valence-electron chi connectivity index (χ0n) is 19.3. The Morgan fingerprint density at radius 3 is 2.73 bits per heavy atom. The van der Waals surface area contributed by atoms with Gasteiger partial charge >= 0.3 is 0 Å². The van der Waals surface area contributed by atoms with Crippen LogP contribution in [0.3, 0.4) is 0 Å². The molecule has 1 saturated heterocycles. The molecule has 176 valence electrons. The van der Waals surface area contributed by atoms with E-state index in [0.29, 0.717) is 42.6 Å². The van der Waals surface area contributed by atoms with Crippen molar-refractivity contribution in [3.63, 3.8) is 0 Å². The molecular weight excluding hydrogens is 444 g/mol. The second kappa shape index (κ2) is 8.14. The van der Waals surface area contributed by atoms with Gasteiger partial charge in [-0.25, -0.2) is 4.98 Å². The van der Waals surface area contributed by atoms with Crippen LogP contribution < -0.4 is 10.6 Å². The van der Waals surface area contributed by atoms with Gasteiger partial charge in [-0.3, -0.25) is 19.9 Å². The predicted octanol–water partition coefficient (Wildman–Crippen LogP) is 2.17. The van der Waals surface area contributed by atoms with Gasteiger partial charge in [-0.2, -0.15) is 0 Å². The summed E-state index contributed by atoms with van der Waals surface area (Å²) in [6.45, 7) is 10.8. The summed E-state index contributed by atoms with van der Waals surface area (Å²) in [4.78, 5) is 35.1. The number of aromatic nitrogens is 2. The first-order chi connectivity index (χ1) is 15.4. The molecule has 2 amide bonds. The number of allylic oxidation sites excluding steroid dienone is 2. The molecule has 4 rings (SSSR count). The Hall–Kier alpha value is -2.91. The summed E-state index contributed by atoms with van der Waals surface area (Å²) in [7, 11) is 1.78. The van der Waals surface area contributed by atoms with Gasteiger partial charge in [0.1, 0.15) is 22.9 Å². The number of likely N-dealkylation sites (tertiary alicyclic amines) is 1. The van der Waals surface area contributed by atoms with Crippen LogP contribution in [-0.4, -0.2) is 61.9 Å². The van der Waals surface area contributed by atoms with Crippen LogP contribution >= 0.6 is 11.6 Å². The van der Waals surface area contributed by atoms with Crippen LogP contribution in [0.5, 0.6) is 0 Å². The lowest BCUT2D eigenvalue weighted by Crippen LogP contribution is -2.60. The number of carbonyl (C=O) groups is 2. The Kier molecular flexibility index (Phi) is 5.74. The second-order valence-corrected chi connectivity index (χ2v) is 10.1. The Balaban J connectivity index is 1.43. The van der Waals surface area contributed by atoms with E-state index in [1.54, 1.807) is 22.6 Å². The number of rotatable bonds is 6. The molecule has 0 spiro atoms. The molecule has 2 aliphatic heterocycles. The average molecular weight is 473 g/mol. The Bertz CT molecular complexity index is 1120. The van der Waals surface area contributed by atoms with Gasteiger partial charge in [-0.1, -0.05) is 39.0 Å². The summed E-state index contributed by atoms with van der Waals surface area (Å²) < 4.78 is 1.73. The predicted molar refractivity (Wildman–Crippen MR) is 126 cm³/mol. The maximum atomic E-state index is 12.7. The van der Waals surface area contributed by atoms with Crippen molar-refractivity contribution >= 4 is 29.1 Å². The molecule has 2 fully saturated rings. The number of fused-ring (bicyclic) bond motifs is 1. The van der Waals surface area contributed by atoms with Crippen LogP contribution in [0, 0.1) is 5.41 Å². The monoisotopic (exact) mass is 472 g/mol.